The fraction of sp³-hybridized carbons (Fsp3) is 0.467. The molecule has 0 saturated heterocycles. The Morgan fingerprint density at radius 3 is 2.69 bits per heavy atom. The van der Waals surface area contributed by atoms with Crippen LogP contribution in [0, 0.1) is 0 Å². The van der Waals surface area contributed by atoms with Crippen molar-refractivity contribution in [1.82, 2.24) is 4.90 Å². The van der Waals surface area contributed by atoms with Gasteiger partial charge in [-0.05, 0) is 31.2 Å². The molecular formula is C15H21N. The first kappa shape index (κ1) is 11.3. The number of allylic oxidation sites excluding steroid dienone is 2. The van der Waals surface area contributed by atoms with Crippen LogP contribution in [0.15, 0.2) is 42.1 Å². The summed E-state index contributed by atoms with van der Waals surface area (Å²) >= 11 is 0. The summed E-state index contributed by atoms with van der Waals surface area (Å²) in [5.74, 6) is 0. The maximum Gasteiger partial charge on any atom is 0.0423 e. The largest absolute Gasteiger partial charge is 0.374 e. The molecule has 1 aromatic rings. The Hall–Kier alpha value is -1.24. The van der Waals surface area contributed by atoms with E-state index in [1.54, 1.807) is 0 Å². The Balaban J connectivity index is 1.97. The fourth-order valence-electron chi connectivity index (χ4n) is 2.30. The van der Waals surface area contributed by atoms with Gasteiger partial charge in [-0.3, -0.25) is 0 Å². The first-order chi connectivity index (χ1) is 7.86. The summed E-state index contributed by atoms with van der Waals surface area (Å²) in [6.45, 7) is 1.03. The number of benzene rings is 1. The number of nitrogens with zero attached hydrogens (tertiary/aromatic N) is 1. The van der Waals surface area contributed by atoms with E-state index in [4.69, 9.17) is 0 Å². The van der Waals surface area contributed by atoms with Gasteiger partial charge in [0.15, 0.2) is 0 Å². The van der Waals surface area contributed by atoms with Crippen LogP contribution in [-0.2, 0) is 6.54 Å². The van der Waals surface area contributed by atoms with Crippen LogP contribution in [0.4, 0.5) is 0 Å². The quantitative estimate of drug-likeness (QED) is 0.737. The minimum atomic E-state index is 1.03. The minimum Gasteiger partial charge on any atom is -0.374 e. The van der Waals surface area contributed by atoms with Crippen molar-refractivity contribution in [3.05, 3.63) is 47.7 Å². The van der Waals surface area contributed by atoms with E-state index in [0.29, 0.717) is 0 Å². The molecule has 0 bridgehead atoms. The molecule has 0 N–H and O–H groups in total. The van der Waals surface area contributed by atoms with E-state index in [-0.39, 0.29) is 0 Å². The molecule has 0 spiro atoms. The van der Waals surface area contributed by atoms with E-state index >= 15 is 0 Å². The Morgan fingerprint density at radius 2 is 1.88 bits per heavy atom. The summed E-state index contributed by atoms with van der Waals surface area (Å²) in [6, 6.07) is 10.7. The van der Waals surface area contributed by atoms with Crippen LogP contribution in [0.2, 0.25) is 0 Å². The van der Waals surface area contributed by atoms with Gasteiger partial charge in [0.1, 0.15) is 0 Å². The molecule has 0 aromatic heterocycles. The molecule has 1 heteroatoms. The normalized spacial score (nSPS) is 16.4. The fourth-order valence-corrected chi connectivity index (χ4v) is 2.30. The summed E-state index contributed by atoms with van der Waals surface area (Å²) < 4.78 is 0. The van der Waals surface area contributed by atoms with E-state index in [9.17, 15) is 0 Å². The van der Waals surface area contributed by atoms with Crippen molar-refractivity contribution in [2.45, 2.75) is 38.6 Å². The van der Waals surface area contributed by atoms with Gasteiger partial charge >= 0.3 is 0 Å². The highest BCUT2D eigenvalue weighted by Gasteiger charge is 2.07. The second-order valence-corrected chi connectivity index (χ2v) is 4.64. The average molecular weight is 215 g/mol. The van der Waals surface area contributed by atoms with Gasteiger partial charge in [0.25, 0.3) is 0 Å². The average Bonchev–Trinajstić information content (AvgIpc) is 2.59. The van der Waals surface area contributed by atoms with Crippen LogP contribution in [0.1, 0.15) is 37.7 Å². The standard InChI is InChI=1S/C15H21N/c1-16(13-14-9-5-4-6-10-14)15-11-7-2-3-8-12-15/h4-6,9-11H,2-3,7-8,12-13H2,1H3. The third-order valence-electron chi connectivity index (χ3n) is 3.27. The summed E-state index contributed by atoms with van der Waals surface area (Å²) in [5.41, 5.74) is 2.93. The van der Waals surface area contributed by atoms with Crippen LogP contribution in [0.3, 0.4) is 0 Å². The van der Waals surface area contributed by atoms with Crippen molar-refractivity contribution in [2.75, 3.05) is 7.05 Å². The van der Waals surface area contributed by atoms with Crippen molar-refractivity contribution in [2.24, 2.45) is 0 Å². The molecule has 0 unspecified atom stereocenters. The zero-order chi connectivity index (χ0) is 11.2. The Kier molecular flexibility index (Phi) is 4.03. The van der Waals surface area contributed by atoms with E-state index in [1.165, 1.54) is 43.4 Å². The number of hydrogen-bond acceptors (Lipinski definition) is 1. The Morgan fingerprint density at radius 1 is 1.06 bits per heavy atom. The lowest BCUT2D eigenvalue weighted by molar-refractivity contribution is 0.392. The van der Waals surface area contributed by atoms with Crippen LogP contribution in [0.5, 0.6) is 0 Å². The van der Waals surface area contributed by atoms with Crippen LogP contribution < -0.4 is 0 Å². The molecule has 0 atom stereocenters. The predicted molar refractivity (Wildman–Crippen MR) is 69.1 cm³/mol. The molecule has 1 nitrogen and oxygen atoms in total. The zero-order valence-corrected chi connectivity index (χ0v) is 10.2. The van der Waals surface area contributed by atoms with E-state index in [2.05, 4.69) is 48.4 Å². The van der Waals surface area contributed by atoms with Crippen LogP contribution in [-0.4, -0.2) is 11.9 Å². The lowest BCUT2D eigenvalue weighted by Crippen LogP contribution is -2.17. The summed E-state index contributed by atoms with van der Waals surface area (Å²) in [6.07, 6.45) is 9.04. The monoisotopic (exact) mass is 215 g/mol. The van der Waals surface area contributed by atoms with Crippen molar-refractivity contribution in [3.8, 4) is 0 Å². The summed E-state index contributed by atoms with van der Waals surface area (Å²) in [4.78, 5) is 2.40. The molecule has 0 fully saturated rings. The van der Waals surface area contributed by atoms with Gasteiger partial charge in [-0.25, -0.2) is 0 Å². The molecule has 0 radical (unpaired) electrons. The molecule has 86 valence electrons. The number of rotatable bonds is 3. The Labute approximate surface area is 98.8 Å². The third kappa shape index (κ3) is 3.13. The van der Waals surface area contributed by atoms with E-state index < -0.39 is 0 Å². The summed E-state index contributed by atoms with van der Waals surface area (Å²) in [5, 5.41) is 0. The van der Waals surface area contributed by atoms with Crippen molar-refractivity contribution in [3.63, 3.8) is 0 Å². The third-order valence-corrected chi connectivity index (χ3v) is 3.27. The highest BCUT2D eigenvalue weighted by Crippen LogP contribution is 2.20. The molecule has 1 aromatic carbocycles. The first-order valence-corrected chi connectivity index (χ1v) is 6.30. The smallest absolute Gasteiger partial charge is 0.0423 e. The molecule has 0 amide bonds. The molecule has 1 aliphatic rings. The van der Waals surface area contributed by atoms with Crippen molar-refractivity contribution in [1.29, 1.82) is 0 Å². The second kappa shape index (κ2) is 5.74. The maximum atomic E-state index is 2.43. The van der Waals surface area contributed by atoms with E-state index in [1.807, 2.05) is 0 Å². The van der Waals surface area contributed by atoms with Crippen LogP contribution in [0.25, 0.3) is 0 Å². The molecule has 0 heterocycles. The van der Waals surface area contributed by atoms with Gasteiger partial charge < -0.3 is 4.90 Å². The van der Waals surface area contributed by atoms with Gasteiger partial charge in [0.05, 0.1) is 0 Å². The summed E-state index contributed by atoms with van der Waals surface area (Å²) in [7, 11) is 2.21. The minimum absolute atomic E-state index is 1.03. The maximum absolute atomic E-state index is 2.43. The van der Waals surface area contributed by atoms with Gasteiger partial charge in [-0.15, -0.1) is 0 Å². The molecule has 16 heavy (non-hydrogen) atoms. The molecule has 1 aliphatic carbocycles. The number of hydrogen-bond donors (Lipinski definition) is 0. The van der Waals surface area contributed by atoms with Gasteiger partial charge in [-0.2, -0.15) is 0 Å². The second-order valence-electron chi connectivity index (χ2n) is 4.64. The molecule has 2 rings (SSSR count). The predicted octanol–water partition coefficient (Wildman–Crippen LogP) is 3.97. The highest BCUT2D eigenvalue weighted by atomic mass is 15.1. The molecule has 0 aliphatic heterocycles. The van der Waals surface area contributed by atoms with Gasteiger partial charge in [0.2, 0.25) is 0 Å². The lowest BCUT2D eigenvalue weighted by Gasteiger charge is -2.22. The first-order valence-electron chi connectivity index (χ1n) is 6.30. The van der Waals surface area contributed by atoms with Gasteiger partial charge in [0, 0.05) is 19.3 Å². The van der Waals surface area contributed by atoms with Gasteiger partial charge in [-0.1, -0.05) is 42.8 Å². The lowest BCUT2D eigenvalue weighted by atomic mass is 10.1. The zero-order valence-electron chi connectivity index (χ0n) is 10.2. The van der Waals surface area contributed by atoms with Crippen molar-refractivity contribution < 1.29 is 0 Å². The SMILES string of the molecule is CN(Cc1ccccc1)C1=CCCCCC1. The molecule has 0 saturated carbocycles. The topological polar surface area (TPSA) is 3.24 Å². The molecular weight excluding hydrogens is 194 g/mol. The van der Waals surface area contributed by atoms with Crippen molar-refractivity contribution >= 4 is 0 Å². The Bertz CT molecular complexity index is 340. The van der Waals surface area contributed by atoms with E-state index in [0.717, 1.165) is 6.54 Å². The van der Waals surface area contributed by atoms with Crippen LogP contribution >= 0.6 is 0 Å². The highest BCUT2D eigenvalue weighted by molar-refractivity contribution is 5.16.